The summed E-state index contributed by atoms with van der Waals surface area (Å²) in [6.45, 7) is 5.33. The van der Waals surface area contributed by atoms with Crippen LogP contribution in [0.5, 0.6) is 0 Å². The van der Waals surface area contributed by atoms with Gasteiger partial charge in [0.15, 0.2) is 0 Å². The summed E-state index contributed by atoms with van der Waals surface area (Å²) >= 11 is 0. The number of benzene rings is 1. The average molecular weight is 418 g/mol. The number of unbranched alkanes of at least 4 members (excludes halogenated alkanes) is 1. The van der Waals surface area contributed by atoms with E-state index < -0.39 is 12.0 Å². The predicted octanol–water partition coefficient (Wildman–Crippen LogP) is 0.909. The maximum Gasteiger partial charge on any atom is 0.308 e. The predicted molar refractivity (Wildman–Crippen MR) is 112 cm³/mol. The third-order valence-electron chi connectivity index (χ3n) is 4.70. The van der Waals surface area contributed by atoms with E-state index >= 15 is 0 Å². The van der Waals surface area contributed by atoms with Gasteiger partial charge in [-0.15, -0.1) is 0 Å². The fourth-order valence-corrected chi connectivity index (χ4v) is 3.04. The van der Waals surface area contributed by atoms with Crippen molar-refractivity contribution in [3.8, 4) is 0 Å². The van der Waals surface area contributed by atoms with Crippen LogP contribution in [0.1, 0.15) is 43.5 Å². The molecule has 1 aliphatic heterocycles. The molecule has 0 aromatic heterocycles. The fourth-order valence-electron chi connectivity index (χ4n) is 3.04. The Balaban J connectivity index is 1.92. The highest BCUT2D eigenvalue weighted by Crippen LogP contribution is 2.13. The van der Waals surface area contributed by atoms with E-state index in [9.17, 15) is 19.2 Å². The maximum absolute atomic E-state index is 12.7. The number of nitrogens with one attached hydrogen (secondary N) is 3. The van der Waals surface area contributed by atoms with Crippen molar-refractivity contribution >= 4 is 29.4 Å². The summed E-state index contributed by atoms with van der Waals surface area (Å²) < 4.78 is 5.13. The second-order valence-electron chi connectivity index (χ2n) is 6.96. The molecule has 2 rings (SSSR count). The molecule has 3 N–H and O–H groups in total. The fraction of sp³-hybridized carbons (Fsp3) is 0.524. The molecule has 1 saturated heterocycles. The Kier molecular flexibility index (Phi) is 9.11. The van der Waals surface area contributed by atoms with Crippen LogP contribution >= 0.6 is 0 Å². The molecular formula is C21H30N4O5. The van der Waals surface area contributed by atoms with E-state index in [-0.39, 0.29) is 30.7 Å². The van der Waals surface area contributed by atoms with Crippen molar-refractivity contribution in [2.45, 2.75) is 39.2 Å². The van der Waals surface area contributed by atoms with E-state index in [0.717, 1.165) is 12.8 Å². The van der Waals surface area contributed by atoms with Crippen molar-refractivity contribution in [2.75, 3.05) is 38.1 Å². The molecule has 0 bridgehead atoms. The number of rotatable bonds is 10. The zero-order chi connectivity index (χ0) is 21.9. The number of carbonyl (C=O) groups excluding carboxylic acids is 4. The second-order valence-corrected chi connectivity index (χ2v) is 6.96. The van der Waals surface area contributed by atoms with Crippen LogP contribution < -0.4 is 16.0 Å². The monoisotopic (exact) mass is 418 g/mol. The summed E-state index contributed by atoms with van der Waals surface area (Å²) in [5.41, 5.74) is 1.21. The van der Waals surface area contributed by atoms with Gasteiger partial charge in [0.1, 0.15) is 6.04 Å². The van der Waals surface area contributed by atoms with E-state index in [1.54, 1.807) is 24.3 Å². The minimum atomic E-state index is -0.873. The van der Waals surface area contributed by atoms with Gasteiger partial charge in [0.25, 0.3) is 5.91 Å². The zero-order valence-electron chi connectivity index (χ0n) is 17.5. The Bertz CT molecular complexity index is 750. The summed E-state index contributed by atoms with van der Waals surface area (Å²) in [5.74, 6) is -1.29. The number of carbonyl (C=O) groups is 4. The molecule has 0 spiro atoms. The van der Waals surface area contributed by atoms with Crippen molar-refractivity contribution < 1.29 is 23.9 Å². The highest BCUT2D eigenvalue weighted by Gasteiger charge is 2.34. The second kappa shape index (κ2) is 11.8. The van der Waals surface area contributed by atoms with E-state index in [4.69, 9.17) is 4.74 Å². The number of anilines is 1. The summed E-state index contributed by atoms with van der Waals surface area (Å²) in [4.78, 5) is 50.2. The first-order chi connectivity index (χ1) is 14.5. The number of piperazine rings is 1. The summed E-state index contributed by atoms with van der Waals surface area (Å²) in [6.07, 6.45) is 1.49. The molecule has 0 aliphatic carbocycles. The summed E-state index contributed by atoms with van der Waals surface area (Å²) in [7, 11) is 0. The van der Waals surface area contributed by atoms with E-state index in [0.29, 0.717) is 37.5 Å². The molecule has 9 nitrogen and oxygen atoms in total. The number of esters is 1. The highest BCUT2D eigenvalue weighted by molar-refractivity contribution is 5.95. The summed E-state index contributed by atoms with van der Waals surface area (Å²) in [5, 5.41) is 8.41. The minimum absolute atomic E-state index is 0.0326. The van der Waals surface area contributed by atoms with Crippen LogP contribution in [0.2, 0.25) is 0 Å². The topological polar surface area (TPSA) is 117 Å². The smallest absolute Gasteiger partial charge is 0.308 e. The SMILES string of the molecule is CCCCOC(=O)CC1C(=O)NCCN1C(=O)CNc1ccc(C(=O)NCC)cc1. The van der Waals surface area contributed by atoms with Gasteiger partial charge >= 0.3 is 5.97 Å². The number of amides is 3. The van der Waals surface area contributed by atoms with Gasteiger partial charge < -0.3 is 25.6 Å². The van der Waals surface area contributed by atoms with E-state index in [2.05, 4.69) is 16.0 Å². The van der Waals surface area contributed by atoms with Gasteiger partial charge in [-0.05, 0) is 37.6 Å². The van der Waals surface area contributed by atoms with Crippen LogP contribution in [0.15, 0.2) is 24.3 Å². The van der Waals surface area contributed by atoms with Crippen LogP contribution in [0.4, 0.5) is 5.69 Å². The molecule has 30 heavy (non-hydrogen) atoms. The molecule has 1 aliphatic rings. The molecule has 0 radical (unpaired) electrons. The maximum atomic E-state index is 12.7. The van der Waals surface area contributed by atoms with Gasteiger partial charge in [-0.1, -0.05) is 13.3 Å². The Morgan fingerprint density at radius 1 is 1.20 bits per heavy atom. The van der Waals surface area contributed by atoms with Crippen LogP contribution in [0.3, 0.4) is 0 Å². The van der Waals surface area contributed by atoms with Crippen LogP contribution in [0, 0.1) is 0 Å². The van der Waals surface area contributed by atoms with E-state index in [1.807, 2.05) is 13.8 Å². The van der Waals surface area contributed by atoms with Crippen LogP contribution in [-0.4, -0.2) is 67.4 Å². The molecule has 1 heterocycles. The first-order valence-electron chi connectivity index (χ1n) is 10.3. The molecule has 1 fully saturated rings. The Labute approximate surface area is 176 Å². The first-order valence-corrected chi connectivity index (χ1v) is 10.3. The quantitative estimate of drug-likeness (QED) is 0.384. The molecule has 9 heteroatoms. The van der Waals surface area contributed by atoms with Gasteiger partial charge in [-0.25, -0.2) is 0 Å². The lowest BCUT2D eigenvalue weighted by Crippen LogP contribution is -2.58. The number of ether oxygens (including phenoxy) is 1. The Morgan fingerprint density at radius 2 is 1.93 bits per heavy atom. The van der Waals surface area contributed by atoms with Crippen molar-refractivity contribution in [3.63, 3.8) is 0 Å². The third kappa shape index (κ3) is 6.75. The van der Waals surface area contributed by atoms with Gasteiger partial charge in [0.05, 0.1) is 19.6 Å². The van der Waals surface area contributed by atoms with Gasteiger partial charge in [0.2, 0.25) is 11.8 Å². The first kappa shape index (κ1) is 23.2. The van der Waals surface area contributed by atoms with Crippen LogP contribution in [-0.2, 0) is 19.1 Å². The van der Waals surface area contributed by atoms with E-state index in [1.165, 1.54) is 4.90 Å². The number of nitrogens with zero attached hydrogens (tertiary/aromatic N) is 1. The summed E-state index contributed by atoms with van der Waals surface area (Å²) in [6, 6.07) is 5.89. The molecule has 164 valence electrons. The molecule has 1 atom stereocenters. The Hall–Kier alpha value is -3.10. The van der Waals surface area contributed by atoms with Gasteiger partial charge in [-0.3, -0.25) is 19.2 Å². The molecular weight excluding hydrogens is 388 g/mol. The van der Waals surface area contributed by atoms with Crippen molar-refractivity contribution in [3.05, 3.63) is 29.8 Å². The molecule has 1 aromatic carbocycles. The van der Waals surface area contributed by atoms with Crippen LogP contribution in [0.25, 0.3) is 0 Å². The van der Waals surface area contributed by atoms with Crippen molar-refractivity contribution in [1.29, 1.82) is 0 Å². The standard InChI is InChI=1S/C21H30N4O5/c1-3-5-12-30-19(27)13-17-21(29)23-10-11-25(17)18(26)14-24-16-8-6-15(7-9-16)20(28)22-4-2/h6-9,17,24H,3-5,10-14H2,1-2H3,(H,22,28)(H,23,29). The van der Waals surface area contributed by atoms with Crippen molar-refractivity contribution in [1.82, 2.24) is 15.5 Å². The Morgan fingerprint density at radius 3 is 2.60 bits per heavy atom. The average Bonchev–Trinajstić information content (AvgIpc) is 2.74. The van der Waals surface area contributed by atoms with Crippen molar-refractivity contribution in [2.24, 2.45) is 0 Å². The van der Waals surface area contributed by atoms with Gasteiger partial charge in [0, 0.05) is 30.9 Å². The number of hydrogen-bond acceptors (Lipinski definition) is 6. The zero-order valence-corrected chi connectivity index (χ0v) is 17.5. The lowest BCUT2D eigenvalue weighted by molar-refractivity contribution is -0.151. The normalized spacial score (nSPS) is 15.9. The lowest BCUT2D eigenvalue weighted by atomic mass is 10.1. The highest BCUT2D eigenvalue weighted by atomic mass is 16.5. The largest absolute Gasteiger partial charge is 0.466 e. The molecule has 1 unspecified atom stereocenters. The minimum Gasteiger partial charge on any atom is -0.466 e. The lowest BCUT2D eigenvalue weighted by Gasteiger charge is -2.34. The molecule has 1 aromatic rings. The molecule has 0 saturated carbocycles. The number of hydrogen-bond donors (Lipinski definition) is 3. The van der Waals surface area contributed by atoms with Gasteiger partial charge in [-0.2, -0.15) is 0 Å². The molecule has 3 amide bonds. The third-order valence-corrected chi connectivity index (χ3v) is 4.70.